The van der Waals surface area contributed by atoms with Crippen LogP contribution in [0.25, 0.3) is 0 Å². The van der Waals surface area contributed by atoms with E-state index in [2.05, 4.69) is 5.10 Å². The molecular formula is C15H24N4O4S. The fourth-order valence-electron chi connectivity index (χ4n) is 3.38. The number of aromatic nitrogens is 2. The molecule has 3 heterocycles. The van der Waals surface area contributed by atoms with Crippen molar-refractivity contribution >= 4 is 15.9 Å². The highest BCUT2D eigenvalue weighted by Gasteiger charge is 2.36. The first-order valence-electron chi connectivity index (χ1n) is 8.23. The minimum atomic E-state index is -3.59. The summed E-state index contributed by atoms with van der Waals surface area (Å²) in [6.45, 7) is 5.49. The molecule has 3 rings (SSSR count). The van der Waals surface area contributed by atoms with E-state index in [9.17, 15) is 13.2 Å². The summed E-state index contributed by atoms with van der Waals surface area (Å²) in [6, 6.07) is 0. The average molecular weight is 356 g/mol. The van der Waals surface area contributed by atoms with Crippen LogP contribution in [0.1, 0.15) is 24.2 Å². The molecule has 8 nitrogen and oxygen atoms in total. The number of hydrogen-bond donors (Lipinski definition) is 0. The van der Waals surface area contributed by atoms with Crippen molar-refractivity contribution in [2.45, 2.75) is 37.7 Å². The Kier molecular flexibility index (Phi) is 4.67. The molecule has 1 aromatic rings. The largest absolute Gasteiger partial charge is 0.368 e. The average Bonchev–Trinajstić information content (AvgIpc) is 3.16. The summed E-state index contributed by atoms with van der Waals surface area (Å²) in [6.07, 6.45) is 1.31. The number of amides is 1. The van der Waals surface area contributed by atoms with Crippen LogP contribution in [0.2, 0.25) is 0 Å². The van der Waals surface area contributed by atoms with Crippen LogP contribution in [0.15, 0.2) is 4.90 Å². The highest BCUT2D eigenvalue weighted by atomic mass is 32.2. The van der Waals surface area contributed by atoms with Gasteiger partial charge >= 0.3 is 0 Å². The van der Waals surface area contributed by atoms with E-state index in [0.29, 0.717) is 44.2 Å². The molecule has 0 aromatic carbocycles. The topological polar surface area (TPSA) is 84.7 Å². The molecule has 0 saturated carbocycles. The van der Waals surface area contributed by atoms with Gasteiger partial charge in [0.05, 0.1) is 11.4 Å². The van der Waals surface area contributed by atoms with E-state index < -0.39 is 10.0 Å². The summed E-state index contributed by atoms with van der Waals surface area (Å²) in [7, 11) is -1.85. The predicted molar refractivity (Wildman–Crippen MR) is 87.0 cm³/mol. The molecule has 0 N–H and O–H groups in total. The van der Waals surface area contributed by atoms with Crippen molar-refractivity contribution in [3.05, 3.63) is 11.4 Å². The Bertz CT molecular complexity index is 729. The molecule has 1 aromatic heterocycles. The number of aryl methyl sites for hydroxylation is 2. The number of rotatable bonds is 3. The molecule has 0 spiro atoms. The number of carbonyl (C=O) groups excluding carboxylic acids is 1. The summed E-state index contributed by atoms with van der Waals surface area (Å²) >= 11 is 0. The van der Waals surface area contributed by atoms with Gasteiger partial charge in [-0.1, -0.05) is 0 Å². The summed E-state index contributed by atoms with van der Waals surface area (Å²) in [5, 5.41) is 4.20. The van der Waals surface area contributed by atoms with Crippen molar-refractivity contribution in [2.24, 2.45) is 7.05 Å². The lowest BCUT2D eigenvalue weighted by atomic mass is 10.2. The van der Waals surface area contributed by atoms with Crippen LogP contribution < -0.4 is 0 Å². The van der Waals surface area contributed by atoms with Crippen molar-refractivity contribution < 1.29 is 17.9 Å². The van der Waals surface area contributed by atoms with Crippen LogP contribution in [0.3, 0.4) is 0 Å². The molecule has 0 bridgehead atoms. The van der Waals surface area contributed by atoms with E-state index in [1.165, 1.54) is 4.31 Å². The molecule has 1 amide bonds. The second-order valence-electron chi connectivity index (χ2n) is 6.35. The van der Waals surface area contributed by atoms with Crippen molar-refractivity contribution in [1.29, 1.82) is 0 Å². The first-order chi connectivity index (χ1) is 11.3. The van der Waals surface area contributed by atoms with Crippen LogP contribution in [0.5, 0.6) is 0 Å². The second kappa shape index (κ2) is 6.45. The normalized spacial score (nSPS) is 23.0. The zero-order valence-electron chi connectivity index (χ0n) is 14.4. The number of piperazine rings is 1. The van der Waals surface area contributed by atoms with Crippen LogP contribution >= 0.6 is 0 Å². The summed E-state index contributed by atoms with van der Waals surface area (Å²) in [5.41, 5.74) is 1.14. The predicted octanol–water partition coefficient (Wildman–Crippen LogP) is 0.0488. The van der Waals surface area contributed by atoms with Gasteiger partial charge in [0.25, 0.3) is 5.91 Å². The van der Waals surface area contributed by atoms with Crippen LogP contribution in [-0.4, -0.2) is 72.2 Å². The van der Waals surface area contributed by atoms with Crippen LogP contribution in [0.4, 0.5) is 0 Å². The van der Waals surface area contributed by atoms with E-state index in [-0.39, 0.29) is 16.9 Å². The quantitative estimate of drug-likeness (QED) is 0.764. The van der Waals surface area contributed by atoms with Crippen molar-refractivity contribution in [1.82, 2.24) is 19.0 Å². The van der Waals surface area contributed by atoms with Crippen LogP contribution in [-0.2, 0) is 26.6 Å². The van der Waals surface area contributed by atoms with Gasteiger partial charge in [-0.15, -0.1) is 0 Å². The minimum absolute atomic E-state index is 0.0155. The van der Waals surface area contributed by atoms with Gasteiger partial charge in [-0.2, -0.15) is 9.40 Å². The lowest BCUT2D eigenvalue weighted by molar-refractivity contribution is -0.142. The highest BCUT2D eigenvalue weighted by Crippen LogP contribution is 2.24. The molecule has 1 unspecified atom stereocenters. The zero-order valence-corrected chi connectivity index (χ0v) is 15.2. The molecule has 2 fully saturated rings. The third-order valence-corrected chi connectivity index (χ3v) is 6.95. The molecule has 2 aliphatic rings. The second-order valence-corrected chi connectivity index (χ2v) is 8.23. The van der Waals surface area contributed by atoms with Crippen molar-refractivity contribution in [3.8, 4) is 0 Å². The number of sulfonamides is 1. The fourth-order valence-corrected chi connectivity index (χ4v) is 5.20. The monoisotopic (exact) mass is 356 g/mol. The van der Waals surface area contributed by atoms with Gasteiger partial charge in [0.15, 0.2) is 0 Å². The molecule has 1 atom stereocenters. The maximum Gasteiger partial charge on any atom is 0.251 e. The van der Waals surface area contributed by atoms with E-state index in [1.54, 1.807) is 30.5 Å². The molecule has 2 aliphatic heterocycles. The Morgan fingerprint density at radius 1 is 1.21 bits per heavy atom. The SMILES string of the molecule is Cc1nn(C)c(C)c1S(=O)(=O)N1CCN(C(=O)C2CCCO2)CC1. The van der Waals surface area contributed by atoms with Gasteiger partial charge < -0.3 is 9.64 Å². The standard InChI is InChI=1S/C15H24N4O4S/c1-11-14(12(2)17(3)16-11)24(21,22)19-8-6-18(7-9-19)15(20)13-5-4-10-23-13/h13H,4-10H2,1-3H3. The number of nitrogens with zero attached hydrogens (tertiary/aromatic N) is 4. The third-order valence-electron chi connectivity index (χ3n) is 4.80. The molecule has 0 aliphatic carbocycles. The fraction of sp³-hybridized carbons (Fsp3) is 0.733. The molecule has 2 saturated heterocycles. The van der Waals surface area contributed by atoms with Crippen molar-refractivity contribution in [2.75, 3.05) is 32.8 Å². The van der Waals surface area contributed by atoms with Gasteiger partial charge in [-0.05, 0) is 26.7 Å². The Balaban J connectivity index is 1.70. The van der Waals surface area contributed by atoms with Gasteiger partial charge in [0.1, 0.15) is 11.0 Å². The van der Waals surface area contributed by atoms with Gasteiger partial charge in [-0.3, -0.25) is 9.48 Å². The lowest BCUT2D eigenvalue weighted by Crippen LogP contribution is -2.52. The molecule has 0 radical (unpaired) electrons. The maximum atomic E-state index is 12.9. The third kappa shape index (κ3) is 2.96. The Hall–Kier alpha value is -1.45. The Morgan fingerprint density at radius 2 is 1.88 bits per heavy atom. The van der Waals surface area contributed by atoms with Gasteiger partial charge in [0, 0.05) is 39.8 Å². The van der Waals surface area contributed by atoms with E-state index in [4.69, 9.17) is 4.74 Å². The van der Waals surface area contributed by atoms with Crippen LogP contribution in [0, 0.1) is 13.8 Å². The summed E-state index contributed by atoms with van der Waals surface area (Å²) < 4.78 is 34.3. The minimum Gasteiger partial charge on any atom is -0.368 e. The molecule has 9 heteroatoms. The molecular weight excluding hydrogens is 332 g/mol. The lowest BCUT2D eigenvalue weighted by Gasteiger charge is -2.35. The Morgan fingerprint density at radius 3 is 2.38 bits per heavy atom. The first kappa shape index (κ1) is 17.4. The smallest absolute Gasteiger partial charge is 0.251 e. The number of carbonyl (C=O) groups is 1. The summed E-state index contributed by atoms with van der Waals surface area (Å²) in [4.78, 5) is 14.4. The zero-order chi connectivity index (χ0) is 17.5. The number of hydrogen-bond acceptors (Lipinski definition) is 5. The van der Waals surface area contributed by atoms with Gasteiger partial charge in [-0.25, -0.2) is 8.42 Å². The maximum absolute atomic E-state index is 12.9. The number of ether oxygens (including phenoxy) is 1. The Labute approximate surface area is 142 Å². The molecule has 134 valence electrons. The van der Waals surface area contributed by atoms with E-state index in [1.807, 2.05) is 0 Å². The highest BCUT2D eigenvalue weighted by molar-refractivity contribution is 7.89. The van der Waals surface area contributed by atoms with E-state index >= 15 is 0 Å². The summed E-state index contributed by atoms with van der Waals surface area (Å²) in [5.74, 6) is -0.0155. The first-order valence-corrected chi connectivity index (χ1v) is 9.67. The molecule has 24 heavy (non-hydrogen) atoms. The van der Waals surface area contributed by atoms with Crippen molar-refractivity contribution in [3.63, 3.8) is 0 Å². The van der Waals surface area contributed by atoms with Gasteiger partial charge in [0.2, 0.25) is 10.0 Å². The van der Waals surface area contributed by atoms with E-state index in [0.717, 1.165) is 12.8 Å².